The molecule has 10 heteroatoms. The Hall–Kier alpha value is -2.40. The summed E-state index contributed by atoms with van der Waals surface area (Å²) in [5.74, 6) is -1.43. The number of para-hydroxylation sites is 1. The fourth-order valence-corrected chi connectivity index (χ4v) is 4.28. The molecule has 0 saturated heterocycles. The number of fused-ring (bicyclic) bond motifs is 1. The summed E-state index contributed by atoms with van der Waals surface area (Å²) in [4.78, 5) is 11.6. The van der Waals surface area contributed by atoms with Crippen LogP contribution in [0.2, 0.25) is 0 Å². The number of aromatic nitrogens is 1. The van der Waals surface area contributed by atoms with E-state index in [2.05, 4.69) is 4.72 Å². The summed E-state index contributed by atoms with van der Waals surface area (Å²) in [6, 6.07) is 11.9. The number of furan rings is 1. The number of aryl methyl sites for hydroxylation is 1. The van der Waals surface area contributed by atoms with Gasteiger partial charge in [-0.25, -0.2) is 13.1 Å². The van der Waals surface area contributed by atoms with Crippen LogP contribution in [0.3, 0.4) is 0 Å². The first kappa shape index (κ1) is 20.3. The zero-order valence-corrected chi connectivity index (χ0v) is 16.1. The molecule has 0 bridgehead atoms. The highest BCUT2D eigenvalue weighted by molar-refractivity contribution is 7.89. The van der Waals surface area contributed by atoms with Gasteiger partial charge in [0, 0.05) is 30.6 Å². The van der Waals surface area contributed by atoms with E-state index in [4.69, 9.17) is 4.42 Å². The lowest BCUT2D eigenvalue weighted by Crippen LogP contribution is -2.48. The van der Waals surface area contributed by atoms with Crippen LogP contribution in [0.15, 0.2) is 57.9 Å². The molecule has 2 aromatic heterocycles. The van der Waals surface area contributed by atoms with Gasteiger partial charge in [-0.1, -0.05) is 24.3 Å². The summed E-state index contributed by atoms with van der Waals surface area (Å²) in [6.07, 6.45) is 1.65. The third-order valence-electron chi connectivity index (χ3n) is 4.61. The average molecular weight is 404 g/mol. The highest BCUT2D eigenvalue weighted by atomic mass is 32.2. The summed E-state index contributed by atoms with van der Waals surface area (Å²) >= 11 is 0. The van der Waals surface area contributed by atoms with Crippen molar-refractivity contribution in [3.8, 4) is 0 Å². The second-order valence-corrected chi connectivity index (χ2v) is 8.46. The van der Waals surface area contributed by atoms with Gasteiger partial charge in [0.2, 0.25) is 15.6 Å². The molecule has 8 nitrogen and oxygen atoms in total. The van der Waals surface area contributed by atoms with Crippen LogP contribution in [0.25, 0.3) is 11.0 Å². The molecule has 2 heterocycles. The Morgan fingerprint density at radius 3 is 2.68 bits per heavy atom. The van der Waals surface area contributed by atoms with Crippen molar-refractivity contribution in [3.63, 3.8) is 0 Å². The molecular weight excluding hydrogens is 383 g/mol. The van der Waals surface area contributed by atoms with E-state index in [0.717, 1.165) is 5.39 Å². The van der Waals surface area contributed by atoms with Gasteiger partial charge in [-0.3, -0.25) is 4.79 Å². The van der Waals surface area contributed by atoms with Crippen LogP contribution in [-0.2, 0) is 29.9 Å². The third kappa shape index (κ3) is 4.71. The molecule has 0 aliphatic carbocycles. The molecule has 148 valence electrons. The molecule has 3 N–H and O–H groups in total. The average Bonchev–Trinajstić information content (AvgIpc) is 3.05. The van der Waals surface area contributed by atoms with Crippen molar-refractivity contribution in [2.24, 2.45) is 7.05 Å². The second kappa shape index (κ2) is 8.32. The van der Waals surface area contributed by atoms with Crippen molar-refractivity contribution in [1.29, 1.82) is 0 Å². The van der Waals surface area contributed by atoms with E-state index in [1.165, 1.54) is 16.9 Å². The molecule has 0 saturated carbocycles. The Morgan fingerprint density at radius 1 is 1.18 bits per heavy atom. The van der Waals surface area contributed by atoms with Crippen LogP contribution in [0, 0.1) is 0 Å². The summed E-state index contributed by atoms with van der Waals surface area (Å²) in [5.41, 5.74) is 1.65. The number of rotatable bonds is 8. The lowest BCUT2D eigenvalue weighted by molar-refractivity contribution is 0.379. The van der Waals surface area contributed by atoms with Crippen molar-refractivity contribution in [3.05, 3.63) is 70.3 Å². The summed E-state index contributed by atoms with van der Waals surface area (Å²) in [5, 5.41) is 20.1. The molecule has 0 amide bonds. The monoisotopic (exact) mass is 404 g/mol. The second-order valence-electron chi connectivity index (χ2n) is 6.58. The summed E-state index contributed by atoms with van der Waals surface area (Å²) in [6.45, 7) is 0. The Labute approximate surface area is 162 Å². The van der Waals surface area contributed by atoms with Crippen LogP contribution in [0.5, 0.6) is 0 Å². The van der Waals surface area contributed by atoms with Gasteiger partial charge in [0.25, 0.3) is 0 Å². The molecule has 0 radical (unpaired) electrons. The zero-order chi connectivity index (χ0) is 20.3. The molecule has 1 aromatic carbocycles. The molecule has 0 fully saturated rings. The number of hydrogen-bond donors (Lipinski definition) is 3. The molecule has 3 aromatic rings. The number of pyridine rings is 1. The van der Waals surface area contributed by atoms with Crippen molar-refractivity contribution < 1.29 is 22.9 Å². The topological polar surface area (TPSA) is 122 Å². The van der Waals surface area contributed by atoms with Gasteiger partial charge in [0.15, 0.2) is 0 Å². The van der Waals surface area contributed by atoms with E-state index >= 15 is 0 Å². The molecular formula is C18H21BN2O6S. The Morgan fingerprint density at radius 2 is 1.93 bits per heavy atom. The van der Waals surface area contributed by atoms with Crippen molar-refractivity contribution in [1.82, 2.24) is 9.29 Å². The maximum absolute atomic E-state index is 12.5. The number of nitrogens with zero attached hydrogens (tertiary/aromatic N) is 1. The number of benzene rings is 1. The van der Waals surface area contributed by atoms with E-state index in [-0.39, 0.29) is 24.2 Å². The highest BCUT2D eigenvalue weighted by Crippen LogP contribution is 2.22. The number of nitrogens with one attached hydrogen (secondary N) is 1. The van der Waals surface area contributed by atoms with Gasteiger partial charge in [-0.05, 0) is 24.1 Å². The van der Waals surface area contributed by atoms with Crippen LogP contribution < -0.4 is 10.3 Å². The van der Waals surface area contributed by atoms with Gasteiger partial charge < -0.3 is 19.0 Å². The largest absolute Gasteiger partial charge is 0.471 e. The maximum Gasteiger partial charge on any atom is 0.471 e. The molecule has 1 atom stereocenters. The summed E-state index contributed by atoms with van der Waals surface area (Å²) in [7, 11) is -4.14. The van der Waals surface area contributed by atoms with Crippen molar-refractivity contribution >= 4 is 28.1 Å². The first-order chi connectivity index (χ1) is 13.3. The Kier molecular flexibility index (Phi) is 6.04. The third-order valence-corrected chi connectivity index (χ3v) is 6.01. The zero-order valence-electron chi connectivity index (χ0n) is 15.3. The lowest BCUT2D eigenvalue weighted by atomic mass is 9.77. The minimum Gasteiger partial charge on any atom is -0.464 e. The number of hydrogen-bond acceptors (Lipinski definition) is 6. The summed E-state index contributed by atoms with van der Waals surface area (Å²) < 4.78 is 34.1. The molecule has 0 aliphatic heterocycles. The minimum atomic E-state index is -3.83. The fourth-order valence-electron chi connectivity index (χ4n) is 3.02. The van der Waals surface area contributed by atoms with E-state index in [1.54, 1.807) is 25.2 Å². The van der Waals surface area contributed by atoms with Crippen LogP contribution >= 0.6 is 0 Å². The molecule has 0 aliphatic rings. The predicted octanol–water partition coefficient (Wildman–Crippen LogP) is 0.217. The van der Waals surface area contributed by atoms with Gasteiger partial charge in [-0.2, -0.15) is 0 Å². The molecule has 3 rings (SSSR count). The fraction of sp³-hybridized carbons (Fsp3) is 0.278. The van der Waals surface area contributed by atoms with E-state index in [1.807, 2.05) is 18.2 Å². The van der Waals surface area contributed by atoms with Crippen LogP contribution in [0.4, 0.5) is 0 Å². The van der Waals surface area contributed by atoms with Crippen molar-refractivity contribution in [2.45, 2.75) is 18.8 Å². The van der Waals surface area contributed by atoms with Gasteiger partial charge in [-0.15, -0.1) is 0 Å². The van der Waals surface area contributed by atoms with Gasteiger partial charge in [0.05, 0.1) is 18.0 Å². The van der Waals surface area contributed by atoms with Crippen molar-refractivity contribution in [2.75, 3.05) is 5.75 Å². The van der Waals surface area contributed by atoms with E-state index < -0.39 is 23.1 Å². The maximum atomic E-state index is 12.5. The predicted molar refractivity (Wildman–Crippen MR) is 106 cm³/mol. The first-order valence-corrected chi connectivity index (χ1v) is 10.4. The van der Waals surface area contributed by atoms with Crippen LogP contribution in [-0.4, -0.2) is 41.8 Å². The van der Waals surface area contributed by atoms with E-state index in [0.29, 0.717) is 16.8 Å². The minimum absolute atomic E-state index is 0.0533. The molecule has 28 heavy (non-hydrogen) atoms. The van der Waals surface area contributed by atoms with E-state index in [9.17, 15) is 23.3 Å². The van der Waals surface area contributed by atoms with Crippen LogP contribution in [0.1, 0.15) is 11.3 Å². The Balaban J connectivity index is 1.72. The first-order valence-electron chi connectivity index (χ1n) is 8.73. The quantitative estimate of drug-likeness (QED) is 0.462. The normalized spacial score (nSPS) is 13.0. The number of sulfonamides is 1. The SMILES string of the molecule is Cn1c(CCS(=O)(=O)N[C@@H](Cc2coc3ccccc23)B(O)O)cccc1=O. The lowest BCUT2D eigenvalue weighted by Gasteiger charge is -2.17. The Bertz CT molecular complexity index is 1120. The van der Waals surface area contributed by atoms with Gasteiger partial charge in [0.1, 0.15) is 5.58 Å². The smallest absolute Gasteiger partial charge is 0.464 e. The molecule has 0 unspecified atom stereocenters. The standard InChI is InChI=1S/C18H21BN2O6S/c1-21-14(5-4-8-18(21)22)9-10-28(25,26)20-17(19(23)24)11-13-12-27-16-7-3-2-6-15(13)16/h2-8,12,17,20,23-24H,9-11H2,1H3/t17-/m0/s1. The van der Waals surface area contributed by atoms with Gasteiger partial charge >= 0.3 is 7.12 Å². The highest BCUT2D eigenvalue weighted by Gasteiger charge is 2.29. The molecule has 0 spiro atoms.